The summed E-state index contributed by atoms with van der Waals surface area (Å²) in [4.78, 5) is 15.3. The predicted molar refractivity (Wildman–Crippen MR) is 100 cm³/mol. The van der Waals surface area contributed by atoms with Gasteiger partial charge >= 0.3 is 0 Å². The van der Waals surface area contributed by atoms with E-state index in [-0.39, 0.29) is 5.91 Å². The van der Waals surface area contributed by atoms with Crippen LogP contribution in [0, 0.1) is 16.7 Å². The molecule has 0 bridgehead atoms. The van der Waals surface area contributed by atoms with E-state index in [9.17, 15) is 4.79 Å². The maximum atomic E-state index is 13.6. The fourth-order valence-corrected chi connectivity index (χ4v) is 4.09. The first-order valence-electron chi connectivity index (χ1n) is 8.28. The van der Waals surface area contributed by atoms with Crippen molar-refractivity contribution in [3.05, 3.63) is 70.7 Å². The van der Waals surface area contributed by atoms with Gasteiger partial charge in [0.15, 0.2) is 0 Å². The second-order valence-electron chi connectivity index (χ2n) is 6.71. The van der Waals surface area contributed by atoms with Gasteiger partial charge in [0.05, 0.1) is 22.7 Å². The molecule has 0 aliphatic heterocycles. The van der Waals surface area contributed by atoms with Crippen LogP contribution in [0.25, 0.3) is 0 Å². The van der Waals surface area contributed by atoms with Gasteiger partial charge in [-0.2, -0.15) is 5.26 Å². The molecular formula is C20H16N4OS. The zero-order valence-electron chi connectivity index (χ0n) is 14.2. The third kappa shape index (κ3) is 2.76. The molecule has 1 atom stereocenters. The number of carbonyl (C=O) groups excluding carboxylic acids is 1. The lowest BCUT2D eigenvalue weighted by Gasteiger charge is -2.29. The molecule has 26 heavy (non-hydrogen) atoms. The van der Waals surface area contributed by atoms with Crippen molar-refractivity contribution in [1.29, 1.82) is 5.26 Å². The number of benzene rings is 2. The number of fused-ring (bicyclic) bond motifs is 1. The number of rotatable bonds is 3. The van der Waals surface area contributed by atoms with Crippen LogP contribution >= 0.6 is 11.3 Å². The number of amides is 1. The van der Waals surface area contributed by atoms with Crippen molar-refractivity contribution in [2.24, 2.45) is 5.41 Å². The highest BCUT2D eigenvalue weighted by Crippen LogP contribution is 2.41. The molecule has 5 nitrogen and oxygen atoms in total. The van der Waals surface area contributed by atoms with Crippen LogP contribution in [-0.4, -0.2) is 16.1 Å². The van der Waals surface area contributed by atoms with Gasteiger partial charge < -0.3 is 0 Å². The van der Waals surface area contributed by atoms with Crippen LogP contribution in [-0.2, 0) is 17.6 Å². The minimum atomic E-state index is -0.585. The average Bonchev–Trinajstić information content (AvgIpc) is 3.29. The largest absolute Gasteiger partial charge is 0.273 e. The highest BCUT2D eigenvalue weighted by molar-refractivity contribution is 7.13. The van der Waals surface area contributed by atoms with Crippen molar-refractivity contribution < 1.29 is 4.79 Å². The summed E-state index contributed by atoms with van der Waals surface area (Å²) in [5.74, 6) is -0.00448. The highest BCUT2D eigenvalue weighted by atomic mass is 32.1. The third-order valence-electron chi connectivity index (χ3n) is 4.77. The molecule has 0 saturated carbocycles. The molecule has 1 unspecified atom stereocenters. The molecule has 1 heterocycles. The molecule has 0 fully saturated rings. The van der Waals surface area contributed by atoms with Crippen molar-refractivity contribution in [3.63, 3.8) is 0 Å². The van der Waals surface area contributed by atoms with Crippen molar-refractivity contribution in [1.82, 2.24) is 10.2 Å². The monoisotopic (exact) mass is 360 g/mol. The minimum absolute atomic E-state index is 0.00448. The molecule has 0 spiro atoms. The number of nitrogens with zero attached hydrogens (tertiary/aromatic N) is 4. The number of hydrogen-bond acceptors (Lipinski definition) is 5. The van der Waals surface area contributed by atoms with Crippen LogP contribution in [0.1, 0.15) is 23.6 Å². The number of carbonyl (C=O) groups is 1. The number of para-hydroxylation sites is 1. The van der Waals surface area contributed by atoms with E-state index < -0.39 is 5.41 Å². The fourth-order valence-electron chi connectivity index (χ4n) is 3.51. The minimum Gasteiger partial charge on any atom is -0.273 e. The lowest BCUT2D eigenvalue weighted by molar-refractivity contribution is -0.126. The van der Waals surface area contributed by atoms with Crippen molar-refractivity contribution in [2.45, 2.75) is 19.8 Å². The van der Waals surface area contributed by atoms with E-state index in [0.29, 0.717) is 23.5 Å². The molecule has 1 aliphatic rings. The predicted octanol–water partition coefficient (Wildman–Crippen LogP) is 3.88. The molecule has 128 valence electrons. The molecule has 1 amide bonds. The Labute approximate surface area is 155 Å². The van der Waals surface area contributed by atoms with Gasteiger partial charge in [-0.15, -0.1) is 10.2 Å². The van der Waals surface area contributed by atoms with E-state index in [1.165, 1.54) is 11.3 Å². The van der Waals surface area contributed by atoms with Gasteiger partial charge in [-0.25, -0.2) is 0 Å². The van der Waals surface area contributed by atoms with Crippen LogP contribution < -0.4 is 4.90 Å². The summed E-state index contributed by atoms with van der Waals surface area (Å²) in [7, 11) is 0. The van der Waals surface area contributed by atoms with E-state index in [4.69, 9.17) is 5.26 Å². The summed E-state index contributed by atoms with van der Waals surface area (Å²) >= 11 is 1.34. The van der Waals surface area contributed by atoms with Crippen LogP contribution in [0.2, 0.25) is 0 Å². The van der Waals surface area contributed by atoms with Gasteiger partial charge in [0.1, 0.15) is 5.51 Å². The van der Waals surface area contributed by atoms with Gasteiger partial charge in [0, 0.05) is 0 Å². The molecule has 6 heteroatoms. The van der Waals surface area contributed by atoms with E-state index in [0.717, 1.165) is 16.8 Å². The lowest BCUT2D eigenvalue weighted by Crippen LogP contribution is -2.40. The molecule has 2 aromatic carbocycles. The molecule has 4 rings (SSSR count). The van der Waals surface area contributed by atoms with Crippen molar-refractivity contribution in [3.8, 4) is 6.07 Å². The molecule has 0 N–H and O–H groups in total. The Morgan fingerprint density at radius 2 is 1.96 bits per heavy atom. The van der Waals surface area contributed by atoms with Gasteiger partial charge in [-0.1, -0.05) is 42.5 Å². The normalized spacial score (nSPS) is 18.2. The van der Waals surface area contributed by atoms with E-state index in [1.807, 2.05) is 55.5 Å². The Bertz CT molecular complexity index is 994. The quantitative estimate of drug-likeness (QED) is 0.711. The second-order valence-corrected chi connectivity index (χ2v) is 7.52. The zero-order valence-corrected chi connectivity index (χ0v) is 15.0. The molecule has 1 aromatic heterocycles. The fraction of sp³-hybridized carbons (Fsp3) is 0.200. The number of anilines is 2. The van der Waals surface area contributed by atoms with Gasteiger partial charge in [0.25, 0.3) is 0 Å². The maximum absolute atomic E-state index is 13.6. The Morgan fingerprint density at radius 1 is 1.19 bits per heavy atom. The topological polar surface area (TPSA) is 69.9 Å². The second kappa shape index (κ2) is 6.36. The number of nitriles is 1. The summed E-state index contributed by atoms with van der Waals surface area (Å²) < 4.78 is 0. The van der Waals surface area contributed by atoms with Gasteiger partial charge in [-0.05, 0) is 48.2 Å². The molecular weight excluding hydrogens is 344 g/mol. The summed E-state index contributed by atoms with van der Waals surface area (Å²) in [6.45, 7) is 1.98. The summed E-state index contributed by atoms with van der Waals surface area (Å²) in [5, 5.41) is 17.7. The highest BCUT2D eigenvalue weighted by Gasteiger charge is 2.43. The summed E-state index contributed by atoms with van der Waals surface area (Å²) in [6, 6.07) is 17.4. The average molecular weight is 360 g/mol. The lowest BCUT2D eigenvalue weighted by atomic mass is 9.85. The molecule has 1 aliphatic carbocycles. The number of aromatic nitrogens is 2. The Morgan fingerprint density at radius 3 is 2.65 bits per heavy atom. The van der Waals surface area contributed by atoms with E-state index in [2.05, 4.69) is 16.3 Å². The molecule has 0 saturated heterocycles. The third-order valence-corrected chi connectivity index (χ3v) is 5.44. The van der Waals surface area contributed by atoms with Crippen LogP contribution in [0.15, 0.2) is 54.0 Å². The van der Waals surface area contributed by atoms with Crippen LogP contribution in [0.3, 0.4) is 0 Å². The van der Waals surface area contributed by atoms with Crippen LogP contribution in [0.4, 0.5) is 10.8 Å². The van der Waals surface area contributed by atoms with Gasteiger partial charge in [0.2, 0.25) is 11.0 Å². The standard InChI is InChI=1S/C20H16N4OS/c1-20(10-15-8-7-14(12-21)9-16(15)11-20)18(25)24(19-23-22-13-26-19)17-5-3-2-4-6-17/h2-9,13H,10-11H2,1H3. The first-order chi connectivity index (χ1) is 12.6. The SMILES string of the molecule is CC1(C(=O)N(c2ccccc2)c2nncs2)Cc2ccc(C#N)cc2C1. The summed E-state index contributed by atoms with van der Waals surface area (Å²) in [6.07, 6.45) is 1.26. The van der Waals surface area contributed by atoms with E-state index >= 15 is 0 Å². The molecule has 0 radical (unpaired) electrons. The smallest absolute Gasteiger partial charge is 0.240 e. The van der Waals surface area contributed by atoms with Crippen LogP contribution in [0.5, 0.6) is 0 Å². The molecule has 3 aromatic rings. The van der Waals surface area contributed by atoms with Crippen molar-refractivity contribution in [2.75, 3.05) is 4.90 Å². The van der Waals surface area contributed by atoms with Crippen molar-refractivity contribution >= 4 is 28.1 Å². The first-order valence-corrected chi connectivity index (χ1v) is 9.16. The Hall–Kier alpha value is -3.04. The maximum Gasteiger partial charge on any atom is 0.240 e. The number of hydrogen-bond donors (Lipinski definition) is 0. The Kier molecular flexibility index (Phi) is 4.02. The van der Waals surface area contributed by atoms with Gasteiger partial charge in [-0.3, -0.25) is 9.69 Å². The Balaban J connectivity index is 1.72. The first kappa shape index (κ1) is 16.4. The zero-order chi connectivity index (χ0) is 18.1. The summed E-state index contributed by atoms with van der Waals surface area (Å²) in [5.41, 5.74) is 4.66. The van der Waals surface area contributed by atoms with E-state index in [1.54, 1.807) is 10.4 Å².